The Morgan fingerprint density at radius 1 is 1.40 bits per heavy atom. The second-order valence-corrected chi connectivity index (χ2v) is 4.12. The van der Waals surface area contributed by atoms with Crippen LogP contribution in [0.5, 0.6) is 0 Å². The highest BCUT2D eigenvalue weighted by Gasteiger charge is 2.20. The molecule has 20 heavy (non-hydrogen) atoms. The highest BCUT2D eigenvalue weighted by Crippen LogP contribution is 2.09. The van der Waals surface area contributed by atoms with Gasteiger partial charge in [-0.1, -0.05) is 29.4 Å². The van der Waals surface area contributed by atoms with Gasteiger partial charge in [0.15, 0.2) is 5.84 Å². The van der Waals surface area contributed by atoms with Crippen molar-refractivity contribution >= 4 is 11.7 Å². The number of methoxy groups -OCH3 is 1. The number of ether oxygens (including phenoxy) is 1. The molecule has 1 amide bonds. The first kappa shape index (κ1) is 15.9. The number of nitrogens with two attached hydrogens (primary N) is 1. The molecule has 7 nitrogen and oxygen atoms in total. The molecule has 3 N–H and O–H groups in total. The van der Waals surface area contributed by atoms with Crippen molar-refractivity contribution in [3.8, 4) is 0 Å². The molecule has 0 aromatic heterocycles. The Morgan fingerprint density at radius 2 is 2.00 bits per heavy atom. The zero-order valence-electron chi connectivity index (χ0n) is 11.7. The van der Waals surface area contributed by atoms with Crippen LogP contribution < -0.4 is 5.73 Å². The Labute approximate surface area is 117 Å². The van der Waals surface area contributed by atoms with E-state index in [1.54, 1.807) is 31.2 Å². The topological polar surface area (TPSA) is 97.4 Å². The maximum atomic E-state index is 11.9. The summed E-state index contributed by atoms with van der Waals surface area (Å²) in [7, 11) is 2.88. The van der Waals surface area contributed by atoms with Crippen LogP contribution in [0.4, 0.5) is 0 Å². The minimum absolute atomic E-state index is 0.0317. The number of amidine groups is 1. The number of hydroxylamine groups is 2. The average molecular weight is 281 g/mol. The van der Waals surface area contributed by atoms with E-state index in [1.807, 2.05) is 0 Å². The molecule has 1 aromatic rings. The highest BCUT2D eigenvalue weighted by atomic mass is 16.7. The summed E-state index contributed by atoms with van der Waals surface area (Å²) < 4.78 is 4.97. The zero-order chi connectivity index (χ0) is 15.1. The van der Waals surface area contributed by atoms with Gasteiger partial charge in [0.2, 0.25) is 0 Å². The van der Waals surface area contributed by atoms with Crippen molar-refractivity contribution in [2.75, 3.05) is 14.2 Å². The van der Waals surface area contributed by atoms with Crippen molar-refractivity contribution in [3.05, 3.63) is 35.4 Å². The first-order valence-electron chi connectivity index (χ1n) is 5.98. The molecular formula is C13H19N3O4. The van der Waals surface area contributed by atoms with Crippen LogP contribution >= 0.6 is 0 Å². The van der Waals surface area contributed by atoms with Crippen LogP contribution in [0.25, 0.3) is 0 Å². The Balaban J connectivity index is 2.78. The molecule has 1 unspecified atom stereocenters. The number of hydrogen-bond donors (Lipinski definition) is 2. The molecule has 0 aliphatic carbocycles. The van der Waals surface area contributed by atoms with E-state index in [-0.39, 0.29) is 18.3 Å². The molecule has 0 fully saturated rings. The monoisotopic (exact) mass is 281 g/mol. The van der Waals surface area contributed by atoms with E-state index in [1.165, 1.54) is 19.3 Å². The molecule has 0 radical (unpaired) electrons. The molecule has 0 saturated carbocycles. The summed E-state index contributed by atoms with van der Waals surface area (Å²) in [6.07, 6.45) is -0.577. The number of hydrogen-bond acceptors (Lipinski definition) is 5. The van der Waals surface area contributed by atoms with Gasteiger partial charge in [0.25, 0.3) is 5.91 Å². The maximum absolute atomic E-state index is 11.9. The van der Waals surface area contributed by atoms with Gasteiger partial charge in [-0.3, -0.25) is 9.63 Å². The van der Waals surface area contributed by atoms with Crippen molar-refractivity contribution in [3.63, 3.8) is 0 Å². The van der Waals surface area contributed by atoms with Gasteiger partial charge in [-0.15, -0.1) is 0 Å². The van der Waals surface area contributed by atoms with Gasteiger partial charge in [-0.2, -0.15) is 0 Å². The summed E-state index contributed by atoms with van der Waals surface area (Å²) >= 11 is 0. The van der Waals surface area contributed by atoms with Crippen molar-refractivity contribution in [2.45, 2.75) is 19.6 Å². The van der Waals surface area contributed by atoms with E-state index in [4.69, 9.17) is 20.5 Å². The molecule has 7 heteroatoms. The molecule has 110 valence electrons. The van der Waals surface area contributed by atoms with E-state index in [9.17, 15) is 4.79 Å². The minimum Gasteiger partial charge on any atom is -0.409 e. The lowest BCUT2D eigenvalue weighted by atomic mass is 10.1. The third kappa shape index (κ3) is 3.94. The van der Waals surface area contributed by atoms with Gasteiger partial charge in [0.1, 0.15) is 6.10 Å². The zero-order valence-corrected chi connectivity index (χ0v) is 11.7. The van der Waals surface area contributed by atoms with Gasteiger partial charge >= 0.3 is 0 Å². The first-order valence-corrected chi connectivity index (χ1v) is 5.98. The molecule has 0 aliphatic rings. The fourth-order valence-electron chi connectivity index (χ4n) is 1.54. The number of nitrogens with zero attached hydrogens (tertiary/aromatic N) is 2. The molecular weight excluding hydrogens is 262 g/mol. The molecule has 1 rings (SSSR count). The van der Waals surface area contributed by atoms with Crippen LogP contribution in [0.1, 0.15) is 18.1 Å². The normalized spacial score (nSPS) is 13.1. The summed E-state index contributed by atoms with van der Waals surface area (Å²) in [6.45, 7) is 1.93. The Morgan fingerprint density at radius 3 is 2.45 bits per heavy atom. The quantitative estimate of drug-likeness (QED) is 0.346. The molecule has 0 aliphatic heterocycles. The lowest BCUT2D eigenvalue weighted by Gasteiger charge is -2.22. The minimum atomic E-state index is -0.577. The van der Waals surface area contributed by atoms with Gasteiger partial charge < -0.3 is 15.7 Å². The Kier molecular flexibility index (Phi) is 5.95. The van der Waals surface area contributed by atoms with Crippen LogP contribution in [-0.4, -0.2) is 42.3 Å². The molecule has 1 aromatic carbocycles. The Bertz CT molecular complexity index is 473. The van der Waals surface area contributed by atoms with Crippen LogP contribution in [0.2, 0.25) is 0 Å². The van der Waals surface area contributed by atoms with E-state index >= 15 is 0 Å². The van der Waals surface area contributed by atoms with Crippen molar-refractivity contribution in [2.24, 2.45) is 10.9 Å². The van der Waals surface area contributed by atoms with Crippen LogP contribution in [0.15, 0.2) is 29.4 Å². The number of carbonyl (C=O) groups is 1. The second kappa shape index (κ2) is 7.46. The van der Waals surface area contributed by atoms with E-state index < -0.39 is 6.10 Å². The van der Waals surface area contributed by atoms with Gasteiger partial charge in [0.05, 0.1) is 13.7 Å². The molecule has 1 atom stereocenters. The molecule has 0 bridgehead atoms. The number of rotatable bonds is 6. The predicted octanol–water partition coefficient (Wildman–Crippen LogP) is 0.706. The fourth-order valence-corrected chi connectivity index (χ4v) is 1.54. The van der Waals surface area contributed by atoms with E-state index in [0.717, 1.165) is 5.56 Å². The number of benzene rings is 1. The summed E-state index contributed by atoms with van der Waals surface area (Å²) in [4.78, 5) is 17.0. The fraction of sp³-hybridized carbons (Fsp3) is 0.385. The molecule has 0 heterocycles. The maximum Gasteiger partial charge on any atom is 0.275 e. The van der Waals surface area contributed by atoms with Crippen molar-refractivity contribution in [1.82, 2.24) is 5.06 Å². The third-order valence-electron chi connectivity index (χ3n) is 2.85. The summed E-state index contributed by atoms with van der Waals surface area (Å²) in [6, 6.07) is 6.93. The molecule has 0 saturated heterocycles. The first-order chi connectivity index (χ1) is 9.53. The van der Waals surface area contributed by atoms with Crippen LogP contribution in [0, 0.1) is 0 Å². The largest absolute Gasteiger partial charge is 0.409 e. The summed E-state index contributed by atoms with van der Waals surface area (Å²) in [5.74, 6) is -0.236. The molecule has 0 spiro atoms. The second-order valence-electron chi connectivity index (χ2n) is 4.12. The van der Waals surface area contributed by atoms with Crippen LogP contribution in [0.3, 0.4) is 0 Å². The lowest BCUT2D eigenvalue weighted by molar-refractivity contribution is -0.188. The van der Waals surface area contributed by atoms with Gasteiger partial charge in [-0.25, -0.2) is 5.06 Å². The average Bonchev–Trinajstić information content (AvgIpc) is 2.50. The number of carbonyl (C=O) groups excluding carboxylic acids is 1. The summed E-state index contributed by atoms with van der Waals surface area (Å²) in [5.41, 5.74) is 6.91. The number of amides is 1. The van der Waals surface area contributed by atoms with E-state index in [2.05, 4.69) is 5.16 Å². The third-order valence-corrected chi connectivity index (χ3v) is 2.85. The van der Waals surface area contributed by atoms with Gasteiger partial charge in [0, 0.05) is 12.7 Å². The highest BCUT2D eigenvalue weighted by molar-refractivity contribution is 5.96. The summed E-state index contributed by atoms with van der Waals surface area (Å²) in [5, 5.41) is 12.7. The Hall–Kier alpha value is -2.12. The van der Waals surface area contributed by atoms with Crippen molar-refractivity contribution < 1.29 is 19.6 Å². The predicted molar refractivity (Wildman–Crippen MR) is 73.0 cm³/mol. The standard InChI is InChI=1S/C13H19N3O4/c1-9(19-2)13(17)16(20-3)8-10-4-6-11(7-5-10)12(14)15-18/h4-7,9,18H,8H2,1-3H3,(H2,14,15). The van der Waals surface area contributed by atoms with Crippen molar-refractivity contribution in [1.29, 1.82) is 0 Å². The van der Waals surface area contributed by atoms with Crippen LogP contribution in [-0.2, 0) is 20.9 Å². The smallest absolute Gasteiger partial charge is 0.275 e. The SMILES string of the molecule is COC(C)C(=O)N(Cc1ccc(/C(N)=N/O)cc1)OC. The van der Waals surface area contributed by atoms with Gasteiger partial charge in [-0.05, 0) is 12.5 Å². The number of oxime groups is 1. The lowest BCUT2D eigenvalue weighted by Crippen LogP contribution is -2.37. The van der Waals surface area contributed by atoms with E-state index in [0.29, 0.717) is 5.56 Å².